The molecule has 2 N–H and O–H groups in total. The van der Waals surface area contributed by atoms with Gasteiger partial charge in [-0.15, -0.1) is 0 Å². The first-order valence-electron chi connectivity index (χ1n) is 8.44. The monoisotopic (exact) mass is 374 g/mol. The van der Waals surface area contributed by atoms with Gasteiger partial charge in [-0.3, -0.25) is 9.59 Å². The first-order valence-corrected chi connectivity index (χ1v) is 8.44. The van der Waals surface area contributed by atoms with Crippen LogP contribution < -0.4 is 10.1 Å². The van der Waals surface area contributed by atoms with E-state index in [4.69, 9.17) is 9.84 Å². The molecule has 0 aliphatic heterocycles. The van der Waals surface area contributed by atoms with Gasteiger partial charge >= 0.3 is 12.1 Å². The predicted molar refractivity (Wildman–Crippen MR) is 85.8 cm³/mol. The van der Waals surface area contributed by atoms with Gasteiger partial charge in [-0.2, -0.15) is 13.2 Å². The SMILES string of the molecule is CCC(CCNC(=O)c1nc(OCC2CC2)ccc1C(F)(F)F)C(=O)O. The zero-order valence-corrected chi connectivity index (χ0v) is 14.3. The predicted octanol–water partition coefficient (Wildman–Crippen LogP) is 3.12. The van der Waals surface area contributed by atoms with Gasteiger partial charge in [-0.1, -0.05) is 6.92 Å². The molecule has 1 aliphatic rings. The normalized spacial score (nSPS) is 15.4. The van der Waals surface area contributed by atoms with Gasteiger partial charge in [0.1, 0.15) is 5.69 Å². The van der Waals surface area contributed by atoms with Crippen LogP contribution in [0.4, 0.5) is 13.2 Å². The summed E-state index contributed by atoms with van der Waals surface area (Å²) < 4.78 is 44.8. The Hall–Kier alpha value is -2.32. The molecule has 1 aromatic rings. The smallest absolute Gasteiger partial charge is 0.418 e. The standard InChI is InChI=1S/C17H21F3N2O4/c1-2-11(16(24)25)7-8-21-15(23)14-12(17(18,19)20)5-6-13(22-14)26-9-10-3-4-10/h5-6,10-11H,2-4,7-9H2,1H3,(H,21,23)(H,24,25). The molecule has 144 valence electrons. The Bertz CT molecular complexity index is 660. The number of carbonyl (C=O) groups excluding carboxylic acids is 1. The van der Waals surface area contributed by atoms with Crippen molar-refractivity contribution in [3.8, 4) is 5.88 Å². The van der Waals surface area contributed by atoms with E-state index in [-0.39, 0.29) is 18.8 Å². The number of hydrogen-bond acceptors (Lipinski definition) is 4. The first kappa shape index (κ1) is 20.0. The average Bonchev–Trinajstić information content (AvgIpc) is 3.39. The molecule has 1 aliphatic carbocycles. The van der Waals surface area contributed by atoms with E-state index in [1.807, 2.05) is 0 Å². The van der Waals surface area contributed by atoms with E-state index in [1.165, 1.54) is 0 Å². The van der Waals surface area contributed by atoms with Crippen molar-refractivity contribution >= 4 is 11.9 Å². The second-order valence-electron chi connectivity index (χ2n) is 6.29. The average molecular weight is 374 g/mol. The van der Waals surface area contributed by atoms with Crippen molar-refractivity contribution in [2.75, 3.05) is 13.2 Å². The minimum Gasteiger partial charge on any atom is -0.481 e. The molecule has 1 fully saturated rings. The molecule has 1 saturated carbocycles. The Morgan fingerprint density at radius 3 is 2.62 bits per heavy atom. The van der Waals surface area contributed by atoms with Crippen LogP contribution in [0.2, 0.25) is 0 Å². The van der Waals surface area contributed by atoms with Crippen molar-refractivity contribution in [3.05, 3.63) is 23.4 Å². The summed E-state index contributed by atoms with van der Waals surface area (Å²) in [5.41, 5.74) is -1.92. The van der Waals surface area contributed by atoms with Crippen LogP contribution in [-0.4, -0.2) is 35.1 Å². The summed E-state index contributed by atoms with van der Waals surface area (Å²) in [4.78, 5) is 26.8. The molecule has 9 heteroatoms. The summed E-state index contributed by atoms with van der Waals surface area (Å²) in [5.74, 6) is -2.33. The first-order chi connectivity index (χ1) is 12.2. The summed E-state index contributed by atoms with van der Waals surface area (Å²) in [6, 6.07) is 1.87. The maximum absolute atomic E-state index is 13.1. The minimum atomic E-state index is -4.73. The molecule has 6 nitrogen and oxygen atoms in total. The molecule has 1 unspecified atom stereocenters. The number of aromatic nitrogens is 1. The fourth-order valence-electron chi connectivity index (χ4n) is 2.36. The molecule has 0 aromatic carbocycles. The number of carboxylic acid groups (broad SMARTS) is 1. The number of aliphatic carboxylic acids is 1. The van der Waals surface area contributed by atoms with Gasteiger partial charge in [0, 0.05) is 12.6 Å². The molecule has 0 saturated heterocycles. The summed E-state index contributed by atoms with van der Waals surface area (Å²) >= 11 is 0. The van der Waals surface area contributed by atoms with Gasteiger partial charge in [0.25, 0.3) is 5.91 Å². The number of amides is 1. The van der Waals surface area contributed by atoms with E-state index >= 15 is 0 Å². The van der Waals surface area contributed by atoms with E-state index in [2.05, 4.69) is 10.3 Å². The molecule has 0 bridgehead atoms. The number of carbonyl (C=O) groups is 2. The molecule has 1 atom stereocenters. The Kier molecular flexibility index (Phi) is 6.44. The van der Waals surface area contributed by atoms with Gasteiger partial charge < -0.3 is 15.2 Å². The second-order valence-corrected chi connectivity index (χ2v) is 6.29. The molecule has 2 rings (SSSR count). The highest BCUT2D eigenvalue weighted by Crippen LogP contribution is 2.33. The van der Waals surface area contributed by atoms with Gasteiger partial charge in [-0.05, 0) is 37.7 Å². The van der Waals surface area contributed by atoms with Crippen molar-refractivity contribution in [1.29, 1.82) is 0 Å². The number of pyridine rings is 1. The maximum Gasteiger partial charge on any atom is 0.418 e. The Labute approximate surface area is 148 Å². The molecule has 0 spiro atoms. The molecule has 0 radical (unpaired) electrons. The molecule has 1 heterocycles. The lowest BCUT2D eigenvalue weighted by Crippen LogP contribution is -2.30. The molecule has 26 heavy (non-hydrogen) atoms. The number of halogens is 3. The summed E-state index contributed by atoms with van der Waals surface area (Å²) in [5, 5.41) is 11.3. The van der Waals surface area contributed by atoms with Crippen molar-refractivity contribution in [2.24, 2.45) is 11.8 Å². The van der Waals surface area contributed by atoms with E-state index in [0.717, 1.165) is 25.0 Å². The fraction of sp³-hybridized carbons (Fsp3) is 0.588. The van der Waals surface area contributed by atoms with Crippen LogP contribution >= 0.6 is 0 Å². The minimum absolute atomic E-state index is 0.0352. The van der Waals surface area contributed by atoms with Gasteiger partial charge in [-0.25, -0.2) is 4.98 Å². The highest BCUT2D eigenvalue weighted by atomic mass is 19.4. The zero-order chi connectivity index (χ0) is 19.3. The van der Waals surface area contributed by atoms with Crippen LogP contribution in [0.5, 0.6) is 5.88 Å². The van der Waals surface area contributed by atoms with Crippen LogP contribution in [0.15, 0.2) is 12.1 Å². The Morgan fingerprint density at radius 1 is 1.38 bits per heavy atom. The number of nitrogens with zero attached hydrogens (tertiary/aromatic N) is 1. The topological polar surface area (TPSA) is 88.5 Å². The van der Waals surface area contributed by atoms with E-state index in [1.54, 1.807) is 6.92 Å². The number of nitrogens with one attached hydrogen (secondary N) is 1. The van der Waals surface area contributed by atoms with E-state index < -0.39 is 35.2 Å². The number of alkyl halides is 3. The summed E-state index contributed by atoms with van der Waals surface area (Å²) in [7, 11) is 0. The maximum atomic E-state index is 13.1. The quantitative estimate of drug-likeness (QED) is 0.693. The second kappa shape index (κ2) is 8.37. The third kappa shape index (κ3) is 5.60. The van der Waals surface area contributed by atoms with Crippen LogP contribution in [0.3, 0.4) is 0 Å². The molecule has 1 aromatic heterocycles. The lowest BCUT2D eigenvalue weighted by atomic mass is 10.0. The van der Waals surface area contributed by atoms with Crippen molar-refractivity contribution in [1.82, 2.24) is 10.3 Å². The van der Waals surface area contributed by atoms with Crippen molar-refractivity contribution in [3.63, 3.8) is 0 Å². The number of ether oxygens (including phenoxy) is 1. The van der Waals surface area contributed by atoms with Crippen LogP contribution in [0.1, 0.15) is 48.7 Å². The number of rotatable bonds is 9. The summed E-state index contributed by atoms with van der Waals surface area (Å²) in [6.45, 7) is 1.98. The van der Waals surface area contributed by atoms with E-state index in [0.29, 0.717) is 18.9 Å². The van der Waals surface area contributed by atoms with Gasteiger partial charge in [0.05, 0.1) is 18.1 Å². The Balaban J connectivity index is 2.08. The molecular weight excluding hydrogens is 353 g/mol. The largest absolute Gasteiger partial charge is 0.481 e. The van der Waals surface area contributed by atoms with Crippen LogP contribution in [-0.2, 0) is 11.0 Å². The highest BCUT2D eigenvalue weighted by molar-refractivity contribution is 5.94. The van der Waals surface area contributed by atoms with Gasteiger partial charge in [0.15, 0.2) is 0 Å². The third-order valence-electron chi connectivity index (χ3n) is 4.17. The third-order valence-corrected chi connectivity index (χ3v) is 4.17. The number of hydrogen-bond donors (Lipinski definition) is 2. The zero-order valence-electron chi connectivity index (χ0n) is 14.3. The fourth-order valence-corrected chi connectivity index (χ4v) is 2.36. The van der Waals surface area contributed by atoms with Crippen molar-refractivity contribution in [2.45, 2.75) is 38.8 Å². The van der Waals surface area contributed by atoms with Gasteiger partial charge in [0.2, 0.25) is 5.88 Å². The highest BCUT2D eigenvalue weighted by Gasteiger charge is 2.36. The lowest BCUT2D eigenvalue weighted by molar-refractivity contribution is -0.142. The molecule has 1 amide bonds. The summed E-state index contributed by atoms with van der Waals surface area (Å²) in [6.07, 6.45) is -2.23. The lowest BCUT2D eigenvalue weighted by Gasteiger charge is -2.14. The number of carboxylic acids is 1. The van der Waals surface area contributed by atoms with E-state index in [9.17, 15) is 22.8 Å². The van der Waals surface area contributed by atoms with Crippen LogP contribution in [0, 0.1) is 11.8 Å². The Morgan fingerprint density at radius 2 is 2.08 bits per heavy atom. The van der Waals surface area contributed by atoms with Crippen molar-refractivity contribution < 1.29 is 32.6 Å². The molecular formula is C17H21F3N2O4. The van der Waals surface area contributed by atoms with Crippen LogP contribution in [0.25, 0.3) is 0 Å².